The lowest BCUT2D eigenvalue weighted by molar-refractivity contribution is -0.137. The van der Waals surface area contributed by atoms with Crippen LogP contribution in [0.5, 0.6) is 0 Å². The van der Waals surface area contributed by atoms with Crippen LogP contribution in [0.2, 0.25) is 0 Å². The van der Waals surface area contributed by atoms with Crippen molar-refractivity contribution < 1.29 is 14.7 Å². The third kappa shape index (κ3) is 5.21. The Hall–Kier alpha value is -2.69. The van der Waals surface area contributed by atoms with Crippen LogP contribution in [0, 0.1) is 6.92 Å². The number of carbonyl (C=O) groups is 2. The van der Waals surface area contributed by atoms with Crippen molar-refractivity contribution in [2.45, 2.75) is 32.2 Å². The van der Waals surface area contributed by atoms with Crippen LogP contribution < -0.4 is 5.32 Å². The summed E-state index contributed by atoms with van der Waals surface area (Å²) >= 11 is 0. The highest BCUT2D eigenvalue weighted by molar-refractivity contribution is 5.95. The van der Waals surface area contributed by atoms with Crippen molar-refractivity contribution in [3.05, 3.63) is 65.5 Å². The molecule has 5 heteroatoms. The molecule has 1 atom stereocenters. The number of amides is 1. The summed E-state index contributed by atoms with van der Waals surface area (Å²) in [6, 6.07) is 12.9. The van der Waals surface area contributed by atoms with E-state index in [1.54, 1.807) is 25.3 Å². The van der Waals surface area contributed by atoms with Gasteiger partial charge in [0.15, 0.2) is 0 Å². The van der Waals surface area contributed by atoms with Gasteiger partial charge < -0.3 is 10.4 Å². The molecule has 0 aliphatic heterocycles. The number of aliphatic carboxylic acids is 1. The molecule has 2 N–H and O–H groups in total. The van der Waals surface area contributed by atoms with Crippen molar-refractivity contribution in [3.63, 3.8) is 0 Å². The molecule has 0 saturated carbocycles. The molecule has 0 aliphatic rings. The topological polar surface area (TPSA) is 79.3 Å². The number of nitrogens with one attached hydrogen (secondary N) is 1. The number of carboxylic acid groups (broad SMARTS) is 1. The average Bonchev–Trinajstić information content (AvgIpc) is 2.54. The highest BCUT2D eigenvalue weighted by Gasteiger charge is 2.17. The first kappa shape index (κ1) is 16.7. The van der Waals surface area contributed by atoms with E-state index in [0.29, 0.717) is 24.1 Å². The first-order chi connectivity index (χ1) is 11.1. The van der Waals surface area contributed by atoms with Crippen LogP contribution in [0.3, 0.4) is 0 Å². The number of carboxylic acids is 1. The molecule has 23 heavy (non-hydrogen) atoms. The first-order valence-electron chi connectivity index (χ1n) is 7.54. The van der Waals surface area contributed by atoms with Gasteiger partial charge in [0, 0.05) is 24.4 Å². The van der Waals surface area contributed by atoms with Crippen molar-refractivity contribution in [3.8, 4) is 0 Å². The maximum atomic E-state index is 12.4. The Labute approximate surface area is 135 Å². The summed E-state index contributed by atoms with van der Waals surface area (Å²) in [5, 5.41) is 11.8. The molecule has 1 heterocycles. The Bertz CT molecular complexity index is 671. The van der Waals surface area contributed by atoms with Crippen LogP contribution in [0.15, 0.2) is 48.7 Å². The van der Waals surface area contributed by atoms with Gasteiger partial charge in [-0.15, -0.1) is 0 Å². The lowest BCUT2D eigenvalue weighted by Crippen LogP contribution is -2.37. The second-order valence-electron chi connectivity index (χ2n) is 5.43. The van der Waals surface area contributed by atoms with E-state index in [4.69, 9.17) is 5.11 Å². The van der Waals surface area contributed by atoms with Gasteiger partial charge in [0.05, 0.1) is 5.56 Å². The second-order valence-corrected chi connectivity index (χ2v) is 5.43. The van der Waals surface area contributed by atoms with Gasteiger partial charge in [0.2, 0.25) is 0 Å². The van der Waals surface area contributed by atoms with E-state index in [1.165, 1.54) is 0 Å². The van der Waals surface area contributed by atoms with Gasteiger partial charge >= 0.3 is 5.97 Å². The van der Waals surface area contributed by atoms with Gasteiger partial charge in [-0.1, -0.05) is 30.3 Å². The molecule has 1 unspecified atom stereocenters. The van der Waals surface area contributed by atoms with Gasteiger partial charge in [0.1, 0.15) is 0 Å². The minimum absolute atomic E-state index is 0.0177. The molecule has 1 amide bonds. The van der Waals surface area contributed by atoms with Gasteiger partial charge in [-0.05, 0) is 37.5 Å². The minimum Gasteiger partial charge on any atom is -0.481 e. The Morgan fingerprint density at radius 3 is 2.57 bits per heavy atom. The van der Waals surface area contributed by atoms with E-state index in [-0.39, 0.29) is 18.4 Å². The van der Waals surface area contributed by atoms with E-state index >= 15 is 0 Å². The zero-order valence-corrected chi connectivity index (χ0v) is 13.0. The standard InChI is InChI=1S/C18H20N2O3/c1-13-16(8-5-11-19-13)18(23)20-15(9-10-17(21)22)12-14-6-3-2-4-7-14/h2-8,11,15H,9-10,12H2,1H3,(H,20,23)(H,21,22). The lowest BCUT2D eigenvalue weighted by Gasteiger charge is -2.19. The Morgan fingerprint density at radius 2 is 1.91 bits per heavy atom. The molecule has 0 bridgehead atoms. The fraction of sp³-hybridized carbons (Fsp3) is 0.278. The van der Waals surface area contributed by atoms with Crippen molar-refractivity contribution in [2.24, 2.45) is 0 Å². The molecule has 0 fully saturated rings. The third-order valence-corrected chi connectivity index (χ3v) is 3.62. The molecule has 0 spiro atoms. The monoisotopic (exact) mass is 312 g/mol. The number of nitrogens with zero attached hydrogens (tertiary/aromatic N) is 1. The number of rotatable bonds is 7. The maximum Gasteiger partial charge on any atom is 0.303 e. The number of aryl methyl sites for hydroxylation is 1. The van der Waals surface area contributed by atoms with Gasteiger partial charge in [-0.2, -0.15) is 0 Å². The molecule has 0 aliphatic carbocycles. The van der Waals surface area contributed by atoms with Crippen molar-refractivity contribution in [2.75, 3.05) is 0 Å². The van der Waals surface area contributed by atoms with Crippen LogP contribution in [-0.2, 0) is 11.2 Å². The molecule has 0 saturated heterocycles. The van der Waals surface area contributed by atoms with Crippen molar-refractivity contribution in [1.82, 2.24) is 10.3 Å². The number of benzene rings is 1. The number of aromatic nitrogens is 1. The highest BCUT2D eigenvalue weighted by Crippen LogP contribution is 2.10. The van der Waals surface area contributed by atoms with Crippen molar-refractivity contribution >= 4 is 11.9 Å². The molecular formula is C18H20N2O3. The third-order valence-electron chi connectivity index (χ3n) is 3.62. The predicted octanol–water partition coefficient (Wildman–Crippen LogP) is 2.60. The van der Waals surface area contributed by atoms with E-state index in [2.05, 4.69) is 10.3 Å². The fourth-order valence-corrected chi connectivity index (χ4v) is 2.41. The summed E-state index contributed by atoms with van der Waals surface area (Å²) in [7, 11) is 0. The summed E-state index contributed by atoms with van der Waals surface area (Å²) < 4.78 is 0. The molecule has 1 aromatic heterocycles. The molecular weight excluding hydrogens is 292 g/mol. The van der Waals surface area contributed by atoms with Gasteiger partial charge in [-0.3, -0.25) is 14.6 Å². The van der Waals surface area contributed by atoms with E-state index < -0.39 is 5.97 Å². The van der Waals surface area contributed by atoms with Crippen LogP contribution in [0.25, 0.3) is 0 Å². The Balaban J connectivity index is 2.08. The highest BCUT2D eigenvalue weighted by atomic mass is 16.4. The Morgan fingerprint density at radius 1 is 1.17 bits per heavy atom. The quantitative estimate of drug-likeness (QED) is 0.823. The normalized spacial score (nSPS) is 11.7. The number of hydrogen-bond donors (Lipinski definition) is 2. The smallest absolute Gasteiger partial charge is 0.303 e. The molecule has 1 aromatic carbocycles. The Kier molecular flexibility index (Phi) is 5.86. The molecule has 120 valence electrons. The van der Waals surface area contributed by atoms with Gasteiger partial charge in [-0.25, -0.2) is 0 Å². The van der Waals surface area contributed by atoms with Gasteiger partial charge in [0.25, 0.3) is 5.91 Å². The lowest BCUT2D eigenvalue weighted by atomic mass is 10.0. The maximum absolute atomic E-state index is 12.4. The second kappa shape index (κ2) is 8.08. The minimum atomic E-state index is -0.866. The number of hydrogen-bond acceptors (Lipinski definition) is 3. The van der Waals surface area contributed by atoms with Crippen LogP contribution in [-0.4, -0.2) is 28.0 Å². The van der Waals surface area contributed by atoms with Crippen LogP contribution in [0.1, 0.15) is 34.5 Å². The summed E-state index contributed by atoms with van der Waals surface area (Å²) in [5.41, 5.74) is 2.23. The largest absolute Gasteiger partial charge is 0.481 e. The summed E-state index contributed by atoms with van der Waals surface area (Å²) in [4.78, 5) is 27.4. The van der Waals surface area contributed by atoms with E-state index in [0.717, 1.165) is 5.56 Å². The molecule has 2 rings (SSSR count). The van der Waals surface area contributed by atoms with E-state index in [9.17, 15) is 9.59 Å². The molecule has 0 radical (unpaired) electrons. The number of carbonyl (C=O) groups excluding carboxylic acids is 1. The SMILES string of the molecule is Cc1ncccc1C(=O)NC(CCC(=O)O)Cc1ccccc1. The zero-order chi connectivity index (χ0) is 16.7. The zero-order valence-electron chi connectivity index (χ0n) is 13.0. The number of pyridine rings is 1. The van der Waals surface area contributed by atoms with Crippen molar-refractivity contribution in [1.29, 1.82) is 0 Å². The summed E-state index contributed by atoms with van der Waals surface area (Å²) in [6.07, 6.45) is 2.64. The van der Waals surface area contributed by atoms with Crippen LogP contribution >= 0.6 is 0 Å². The van der Waals surface area contributed by atoms with Crippen LogP contribution in [0.4, 0.5) is 0 Å². The van der Waals surface area contributed by atoms with E-state index in [1.807, 2.05) is 30.3 Å². The summed E-state index contributed by atoms with van der Waals surface area (Å²) in [6.45, 7) is 1.78. The fourth-order valence-electron chi connectivity index (χ4n) is 2.41. The first-order valence-corrected chi connectivity index (χ1v) is 7.54. The molecule has 5 nitrogen and oxygen atoms in total. The predicted molar refractivity (Wildman–Crippen MR) is 87.2 cm³/mol. The average molecular weight is 312 g/mol. The summed E-state index contributed by atoms with van der Waals surface area (Å²) in [5.74, 6) is -1.09. The molecule has 2 aromatic rings.